The summed E-state index contributed by atoms with van der Waals surface area (Å²) in [5.74, 6) is -1.05. The molecular formula is C15H9F6N5O3. The molecule has 0 fully saturated rings. The first kappa shape index (κ1) is 20.2. The molecule has 0 bridgehead atoms. The van der Waals surface area contributed by atoms with Crippen LogP contribution in [0.4, 0.5) is 26.3 Å². The molecule has 0 aliphatic heterocycles. The van der Waals surface area contributed by atoms with Gasteiger partial charge in [-0.3, -0.25) is 0 Å². The lowest BCUT2D eigenvalue weighted by atomic mass is 10.1. The van der Waals surface area contributed by atoms with Crippen LogP contribution < -0.4 is 9.47 Å². The Morgan fingerprint density at radius 1 is 1.07 bits per heavy atom. The molecule has 0 amide bonds. The monoisotopic (exact) mass is 421 g/mol. The van der Waals surface area contributed by atoms with E-state index < -0.39 is 24.0 Å². The van der Waals surface area contributed by atoms with Gasteiger partial charge in [0, 0.05) is 11.8 Å². The van der Waals surface area contributed by atoms with E-state index in [1.54, 1.807) is 0 Å². The molecule has 2 heterocycles. The summed E-state index contributed by atoms with van der Waals surface area (Å²) < 4.78 is 89.5. The predicted molar refractivity (Wildman–Crippen MR) is 83.2 cm³/mol. The number of hydrogen-bond donors (Lipinski definition) is 0. The van der Waals surface area contributed by atoms with Gasteiger partial charge in [-0.1, -0.05) is 0 Å². The average molecular weight is 421 g/mol. The summed E-state index contributed by atoms with van der Waals surface area (Å²) in [6.07, 6.45) is -6.33. The van der Waals surface area contributed by atoms with E-state index in [-0.39, 0.29) is 22.8 Å². The summed E-state index contributed by atoms with van der Waals surface area (Å²) in [6, 6.07) is 2.96. The number of aromatic nitrogens is 5. The number of alkyl halides is 6. The summed E-state index contributed by atoms with van der Waals surface area (Å²) in [4.78, 5) is 3.87. The number of nitrogens with zero attached hydrogens (tertiary/aromatic N) is 5. The Bertz CT molecular complexity index is 1020. The van der Waals surface area contributed by atoms with E-state index in [0.29, 0.717) is 0 Å². The molecule has 0 unspecified atom stereocenters. The van der Waals surface area contributed by atoms with Gasteiger partial charge in [-0.05, 0) is 34.6 Å². The number of ether oxygens (including phenoxy) is 2. The van der Waals surface area contributed by atoms with Crippen molar-refractivity contribution in [2.45, 2.75) is 12.5 Å². The van der Waals surface area contributed by atoms with Crippen molar-refractivity contribution in [3.8, 4) is 23.0 Å². The van der Waals surface area contributed by atoms with E-state index in [1.165, 1.54) is 13.2 Å². The Kier molecular flexibility index (Phi) is 5.18. The van der Waals surface area contributed by atoms with Crippen LogP contribution in [0.2, 0.25) is 0 Å². The lowest BCUT2D eigenvalue weighted by Gasteiger charge is -2.10. The number of halogens is 6. The molecule has 0 radical (unpaired) electrons. The molecule has 2 aromatic heterocycles. The summed E-state index contributed by atoms with van der Waals surface area (Å²) in [5.41, 5.74) is -1.32. The van der Waals surface area contributed by atoms with Crippen LogP contribution in [0.1, 0.15) is 11.3 Å². The van der Waals surface area contributed by atoms with Crippen molar-refractivity contribution >= 4 is 12.3 Å². The smallest absolute Gasteiger partial charge is 0.497 e. The van der Waals surface area contributed by atoms with Crippen LogP contribution in [0.5, 0.6) is 11.6 Å². The molecule has 8 nitrogen and oxygen atoms in total. The number of benzene rings is 1. The zero-order valence-corrected chi connectivity index (χ0v) is 14.2. The largest absolute Gasteiger partial charge is 0.574 e. The Labute approximate surface area is 157 Å². The summed E-state index contributed by atoms with van der Waals surface area (Å²) >= 11 is 0. The average Bonchev–Trinajstić information content (AvgIpc) is 3.26. The maximum absolute atomic E-state index is 13.0. The van der Waals surface area contributed by atoms with Gasteiger partial charge in [0.1, 0.15) is 12.1 Å². The van der Waals surface area contributed by atoms with Crippen LogP contribution >= 0.6 is 0 Å². The van der Waals surface area contributed by atoms with E-state index in [1.807, 2.05) is 0 Å². The SMILES string of the molecule is COc1cc(-c2ncn(C=Cc3nonc3OC(F)(F)F)n2)cc(C(F)(F)F)c1. The van der Waals surface area contributed by atoms with Crippen LogP contribution in [-0.4, -0.2) is 38.5 Å². The van der Waals surface area contributed by atoms with Crippen LogP contribution in [-0.2, 0) is 6.18 Å². The minimum absolute atomic E-state index is 0.0213. The molecular weight excluding hydrogens is 412 g/mol. The molecule has 14 heteroatoms. The highest BCUT2D eigenvalue weighted by molar-refractivity contribution is 5.62. The third-order valence-electron chi connectivity index (χ3n) is 3.32. The summed E-state index contributed by atoms with van der Waals surface area (Å²) in [5, 5.41) is 10.2. The van der Waals surface area contributed by atoms with Crippen LogP contribution in [0, 0.1) is 0 Å². The Balaban J connectivity index is 1.85. The van der Waals surface area contributed by atoms with Gasteiger partial charge in [0.25, 0.3) is 5.88 Å². The van der Waals surface area contributed by atoms with E-state index in [9.17, 15) is 26.3 Å². The van der Waals surface area contributed by atoms with Gasteiger partial charge in [-0.2, -0.15) is 13.2 Å². The fourth-order valence-corrected chi connectivity index (χ4v) is 2.11. The van der Waals surface area contributed by atoms with Gasteiger partial charge in [-0.25, -0.2) is 14.3 Å². The normalized spacial score (nSPS) is 12.5. The Morgan fingerprint density at radius 2 is 1.83 bits per heavy atom. The Morgan fingerprint density at radius 3 is 2.48 bits per heavy atom. The second kappa shape index (κ2) is 7.44. The maximum Gasteiger partial charge on any atom is 0.574 e. The van der Waals surface area contributed by atoms with Crippen molar-refractivity contribution in [3.05, 3.63) is 35.8 Å². The standard InChI is InChI=1S/C15H9F6N5O3/c1-27-10-5-8(4-9(6-10)14(16,17)18)12-22-7-26(23-12)3-2-11-13(25-29-24-11)28-15(19,20)21/h2-7H,1H3. The van der Waals surface area contributed by atoms with E-state index in [4.69, 9.17) is 4.74 Å². The van der Waals surface area contributed by atoms with Gasteiger partial charge >= 0.3 is 12.5 Å². The zero-order chi connectivity index (χ0) is 21.2. The lowest BCUT2D eigenvalue weighted by molar-refractivity contribution is -0.276. The lowest BCUT2D eigenvalue weighted by Crippen LogP contribution is -2.17. The van der Waals surface area contributed by atoms with Crippen molar-refractivity contribution < 1.29 is 40.4 Å². The highest BCUT2D eigenvalue weighted by Crippen LogP contribution is 2.34. The fourth-order valence-electron chi connectivity index (χ4n) is 2.11. The molecule has 0 aliphatic carbocycles. The molecule has 154 valence electrons. The van der Waals surface area contributed by atoms with Gasteiger partial charge in [0.15, 0.2) is 11.5 Å². The molecule has 0 saturated carbocycles. The van der Waals surface area contributed by atoms with Crippen molar-refractivity contribution in [3.63, 3.8) is 0 Å². The number of methoxy groups -OCH3 is 1. The molecule has 0 aliphatic rings. The first-order chi connectivity index (χ1) is 13.5. The summed E-state index contributed by atoms with van der Waals surface area (Å²) in [7, 11) is 1.21. The molecule has 0 spiro atoms. The second-order valence-corrected chi connectivity index (χ2v) is 5.31. The van der Waals surface area contributed by atoms with E-state index in [2.05, 4.69) is 29.8 Å². The number of rotatable bonds is 5. The van der Waals surface area contributed by atoms with Crippen LogP contribution in [0.25, 0.3) is 23.7 Å². The predicted octanol–water partition coefficient (Wildman–Crippen LogP) is 3.88. The topological polar surface area (TPSA) is 88.1 Å². The van der Waals surface area contributed by atoms with Gasteiger partial charge in [0.05, 0.1) is 12.7 Å². The van der Waals surface area contributed by atoms with Crippen molar-refractivity contribution in [1.82, 2.24) is 25.1 Å². The van der Waals surface area contributed by atoms with Crippen LogP contribution in [0.3, 0.4) is 0 Å². The quantitative estimate of drug-likeness (QED) is 0.578. The van der Waals surface area contributed by atoms with Crippen LogP contribution in [0.15, 0.2) is 29.2 Å². The van der Waals surface area contributed by atoms with Crippen molar-refractivity contribution in [2.24, 2.45) is 0 Å². The molecule has 0 saturated heterocycles. The third kappa shape index (κ3) is 5.03. The molecule has 3 aromatic rings. The van der Waals surface area contributed by atoms with E-state index in [0.717, 1.165) is 35.4 Å². The molecule has 29 heavy (non-hydrogen) atoms. The first-order valence-electron chi connectivity index (χ1n) is 7.49. The minimum Gasteiger partial charge on any atom is -0.497 e. The molecule has 3 rings (SSSR count). The Hall–Kier alpha value is -3.58. The van der Waals surface area contributed by atoms with Crippen molar-refractivity contribution in [1.29, 1.82) is 0 Å². The molecule has 0 atom stereocenters. The van der Waals surface area contributed by atoms with Gasteiger partial charge < -0.3 is 9.47 Å². The summed E-state index contributed by atoms with van der Waals surface area (Å²) in [6.45, 7) is 0. The number of hydrogen-bond acceptors (Lipinski definition) is 7. The van der Waals surface area contributed by atoms with Crippen molar-refractivity contribution in [2.75, 3.05) is 7.11 Å². The minimum atomic E-state index is -5.00. The second-order valence-electron chi connectivity index (χ2n) is 5.31. The van der Waals surface area contributed by atoms with E-state index >= 15 is 0 Å². The molecule has 0 N–H and O–H groups in total. The third-order valence-corrected chi connectivity index (χ3v) is 3.32. The maximum atomic E-state index is 13.0. The van der Waals surface area contributed by atoms with Gasteiger partial charge in [0.2, 0.25) is 0 Å². The van der Waals surface area contributed by atoms with Gasteiger partial charge in [-0.15, -0.1) is 18.3 Å². The zero-order valence-electron chi connectivity index (χ0n) is 14.2. The first-order valence-corrected chi connectivity index (χ1v) is 7.49. The molecule has 1 aromatic carbocycles. The fraction of sp³-hybridized carbons (Fsp3) is 0.200. The highest BCUT2D eigenvalue weighted by Gasteiger charge is 2.34. The highest BCUT2D eigenvalue weighted by atomic mass is 19.4.